The number of rotatable bonds is 6. The van der Waals surface area contributed by atoms with Crippen molar-refractivity contribution in [2.45, 2.75) is 19.4 Å². The standard InChI is InChI=1S/C24H23NO6/c1-16(21-14-18-5-2-3-6-19(18)31-21)25-23(26)15-30-24(27)10-8-17-7-9-20-22(13-17)29-12-4-11-28-20/h2-3,5-10,13-14,16H,4,11-12,15H2,1H3,(H,25,26)/b10-8+/t16-/m0/s1. The Bertz CT molecular complexity index is 1080. The lowest BCUT2D eigenvalue weighted by Crippen LogP contribution is -2.30. The van der Waals surface area contributed by atoms with Crippen molar-refractivity contribution in [2.75, 3.05) is 19.8 Å². The second kappa shape index (κ2) is 9.38. The maximum absolute atomic E-state index is 12.1. The number of ether oxygens (including phenoxy) is 3. The fourth-order valence-corrected chi connectivity index (χ4v) is 3.20. The topological polar surface area (TPSA) is 87.0 Å². The maximum atomic E-state index is 12.1. The van der Waals surface area contributed by atoms with Crippen molar-refractivity contribution in [3.63, 3.8) is 0 Å². The summed E-state index contributed by atoms with van der Waals surface area (Å²) in [6.07, 6.45) is 3.70. The van der Waals surface area contributed by atoms with E-state index in [1.54, 1.807) is 25.1 Å². The lowest BCUT2D eigenvalue weighted by molar-refractivity contribution is -0.144. The molecule has 1 aliphatic rings. The molecule has 1 aliphatic heterocycles. The van der Waals surface area contributed by atoms with Gasteiger partial charge in [-0.3, -0.25) is 4.79 Å². The first kappa shape index (κ1) is 20.5. The van der Waals surface area contributed by atoms with Crippen LogP contribution in [0.4, 0.5) is 0 Å². The molecule has 0 bridgehead atoms. The third kappa shape index (κ3) is 5.25. The van der Waals surface area contributed by atoms with Crippen molar-refractivity contribution in [1.82, 2.24) is 5.32 Å². The van der Waals surface area contributed by atoms with Gasteiger partial charge < -0.3 is 23.9 Å². The van der Waals surface area contributed by atoms with Gasteiger partial charge in [0, 0.05) is 17.9 Å². The number of carbonyl (C=O) groups excluding carboxylic acids is 2. The molecule has 2 aromatic carbocycles. The molecule has 7 heteroatoms. The minimum Gasteiger partial charge on any atom is -0.490 e. The van der Waals surface area contributed by atoms with Crippen molar-refractivity contribution in [3.05, 3.63) is 65.9 Å². The molecule has 0 unspecified atom stereocenters. The van der Waals surface area contributed by atoms with Crippen LogP contribution in [0.2, 0.25) is 0 Å². The van der Waals surface area contributed by atoms with E-state index < -0.39 is 11.9 Å². The highest BCUT2D eigenvalue weighted by atomic mass is 16.5. The van der Waals surface area contributed by atoms with Gasteiger partial charge in [0.2, 0.25) is 0 Å². The van der Waals surface area contributed by atoms with Crippen LogP contribution < -0.4 is 14.8 Å². The Kier molecular flexibility index (Phi) is 6.21. The van der Waals surface area contributed by atoms with Gasteiger partial charge in [0.1, 0.15) is 11.3 Å². The van der Waals surface area contributed by atoms with Gasteiger partial charge in [-0.15, -0.1) is 0 Å². The molecule has 0 saturated heterocycles. The predicted octanol–water partition coefficient (Wildman–Crippen LogP) is 4.03. The van der Waals surface area contributed by atoms with Crippen LogP contribution in [-0.4, -0.2) is 31.7 Å². The van der Waals surface area contributed by atoms with E-state index in [1.165, 1.54) is 6.08 Å². The number of fused-ring (bicyclic) bond motifs is 2. The summed E-state index contributed by atoms with van der Waals surface area (Å²) in [5, 5.41) is 3.72. The van der Waals surface area contributed by atoms with Crippen LogP contribution in [-0.2, 0) is 14.3 Å². The van der Waals surface area contributed by atoms with Gasteiger partial charge in [-0.25, -0.2) is 4.79 Å². The average Bonchev–Trinajstić information content (AvgIpc) is 3.08. The lowest BCUT2D eigenvalue weighted by Gasteiger charge is -2.11. The molecule has 1 atom stereocenters. The maximum Gasteiger partial charge on any atom is 0.331 e. The minimum atomic E-state index is -0.612. The first-order valence-corrected chi connectivity index (χ1v) is 10.1. The molecule has 1 aromatic heterocycles. The van der Waals surface area contributed by atoms with E-state index in [9.17, 15) is 9.59 Å². The molecule has 7 nitrogen and oxygen atoms in total. The predicted molar refractivity (Wildman–Crippen MR) is 115 cm³/mol. The highest BCUT2D eigenvalue weighted by Crippen LogP contribution is 2.30. The van der Waals surface area contributed by atoms with E-state index in [-0.39, 0.29) is 12.6 Å². The Morgan fingerprint density at radius 3 is 2.74 bits per heavy atom. The Balaban J connectivity index is 1.27. The zero-order valence-corrected chi connectivity index (χ0v) is 17.1. The first-order chi connectivity index (χ1) is 15.1. The quantitative estimate of drug-likeness (QED) is 0.478. The zero-order chi connectivity index (χ0) is 21.6. The number of para-hydroxylation sites is 1. The summed E-state index contributed by atoms with van der Waals surface area (Å²) >= 11 is 0. The van der Waals surface area contributed by atoms with Crippen LogP contribution in [0, 0.1) is 0 Å². The van der Waals surface area contributed by atoms with Crippen molar-refractivity contribution < 1.29 is 28.2 Å². The molecule has 1 amide bonds. The van der Waals surface area contributed by atoms with Gasteiger partial charge in [0.25, 0.3) is 5.91 Å². The van der Waals surface area contributed by atoms with Gasteiger partial charge in [0.15, 0.2) is 18.1 Å². The molecular formula is C24H23NO6. The summed E-state index contributed by atoms with van der Waals surface area (Å²) < 4.78 is 22.0. The molecule has 0 radical (unpaired) electrons. The van der Waals surface area contributed by atoms with Crippen LogP contribution in [0.5, 0.6) is 11.5 Å². The van der Waals surface area contributed by atoms with E-state index >= 15 is 0 Å². The molecule has 3 aromatic rings. The molecule has 1 N–H and O–H groups in total. The van der Waals surface area contributed by atoms with Gasteiger partial charge in [0.05, 0.1) is 19.3 Å². The van der Waals surface area contributed by atoms with Crippen LogP contribution in [0.3, 0.4) is 0 Å². The first-order valence-electron chi connectivity index (χ1n) is 10.1. The van der Waals surface area contributed by atoms with Gasteiger partial charge in [-0.2, -0.15) is 0 Å². The molecule has 0 aliphatic carbocycles. The molecule has 2 heterocycles. The molecule has 0 spiro atoms. The fraction of sp³-hybridized carbons (Fsp3) is 0.250. The van der Waals surface area contributed by atoms with Crippen molar-refractivity contribution >= 4 is 28.9 Å². The third-order valence-corrected chi connectivity index (χ3v) is 4.78. The molecule has 0 fully saturated rings. The van der Waals surface area contributed by atoms with Gasteiger partial charge in [-0.05, 0) is 42.8 Å². The SMILES string of the molecule is C[C@H](NC(=O)COC(=O)/C=C/c1ccc2c(c1)OCCCO2)c1cc2ccccc2o1. The van der Waals surface area contributed by atoms with E-state index in [0.29, 0.717) is 30.5 Å². The number of furan rings is 1. The molecular weight excluding hydrogens is 398 g/mol. The van der Waals surface area contributed by atoms with Gasteiger partial charge in [-0.1, -0.05) is 24.3 Å². The number of amides is 1. The average molecular weight is 421 g/mol. The van der Waals surface area contributed by atoms with E-state index in [0.717, 1.165) is 23.0 Å². The van der Waals surface area contributed by atoms with Crippen LogP contribution >= 0.6 is 0 Å². The highest BCUT2D eigenvalue weighted by Gasteiger charge is 2.15. The molecule has 4 rings (SSSR count). The van der Waals surface area contributed by atoms with Crippen molar-refractivity contribution in [3.8, 4) is 11.5 Å². The molecule has 31 heavy (non-hydrogen) atoms. The summed E-state index contributed by atoms with van der Waals surface area (Å²) in [6.45, 7) is 2.63. The highest BCUT2D eigenvalue weighted by molar-refractivity contribution is 5.89. The lowest BCUT2D eigenvalue weighted by atomic mass is 10.2. The third-order valence-electron chi connectivity index (χ3n) is 4.78. The number of benzene rings is 2. The number of carbonyl (C=O) groups is 2. The Labute approximate surface area is 179 Å². The fourth-order valence-electron chi connectivity index (χ4n) is 3.20. The van der Waals surface area contributed by atoms with E-state index in [1.807, 2.05) is 36.4 Å². The number of hydrogen-bond acceptors (Lipinski definition) is 6. The van der Waals surface area contributed by atoms with Crippen LogP contribution in [0.25, 0.3) is 17.0 Å². The number of hydrogen-bond donors (Lipinski definition) is 1. The second-order valence-corrected chi connectivity index (χ2v) is 7.17. The molecule has 0 saturated carbocycles. The summed E-state index contributed by atoms with van der Waals surface area (Å²) in [5.41, 5.74) is 1.52. The van der Waals surface area contributed by atoms with Gasteiger partial charge >= 0.3 is 5.97 Å². The molecule has 160 valence electrons. The number of esters is 1. The summed E-state index contributed by atoms with van der Waals surface area (Å²) in [5.74, 6) is 0.943. The van der Waals surface area contributed by atoms with E-state index in [4.69, 9.17) is 18.6 Å². The van der Waals surface area contributed by atoms with Crippen molar-refractivity contribution in [2.24, 2.45) is 0 Å². The number of nitrogens with one attached hydrogen (secondary N) is 1. The summed E-state index contributed by atoms with van der Waals surface area (Å²) in [7, 11) is 0. The second-order valence-electron chi connectivity index (χ2n) is 7.17. The Morgan fingerprint density at radius 2 is 1.90 bits per heavy atom. The van der Waals surface area contributed by atoms with Crippen LogP contribution in [0.1, 0.15) is 30.7 Å². The smallest absolute Gasteiger partial charge is 0.331 e. The Morgan fingerprint density at radius 1 is 1.10 bits per heavy atom. The van der Waals surface area contributed by atoms with Crippen molar-refractivity contribution in [1.29, 1.82) is 0 Å². The normalized spacial score (nSPS) is 14.2. The summed E-state index contributed by atoms with van der Waals surface area (Å²) in [6, 6.07) is 14.6. The monoisotopic (exact) mass is 421 g/mol. The largest absolute Gasteiger partial charge is 0.490 e. The minimum absolute atomic E-state index is 0.351. The summed E-state index contributed by atoms with van der Waals surface area (Å²) in [4.78, 5) is 24.1. The van der Waals surface area contributed by atoms with E-state index in [2.05, 4.69) is 5.32 Å². The zero-order valence-electron chi connectivity index (χ0n) is 17.1. The Hall–Kier alpha value is -3.74. The van der Waals surface area contributed by atoms with Crippen LogP contribution in [0.15, 0.2) is 59.0 Å².